The maximum Gasteiger partial charge on any atom is 0.131 e. The smallest absolute Gasteiger partial charge is 0.131 e. The van der Waals surface area contributed by atoms with E-state index in [9.17, 15) is 0 Å². The lowest BCUT2D eigenvalue weighted by Crippen LogP contribution is -2.43. The summed E-state index contributed by atoms with van der Waals surface area (Å²) in [4.78, 5) is 7.41. The second kappa shape index (κ2) is 6.13. The van der Waals surface area contributed by atoms with E-state index in [-0.39, 0.29) is 0 Å². The van der Waals surface area contributed by atoms with E-state index in [1.54, 1.807) is 0 Å². The Bertz CT molecular complexity index is 458. The van der Waals surface area contributed by atoms with Crippen LogP contribution in [0.5, 0.6) is 0 Å². The molecule has 1 aromatic heterocycles. The first-order chi connectivity index (χ1) is 9.79. The minimum atomic E-state index is 0.759. The minimum Gasteiger partial charge on any atom is -0.353 e. The van der Waals surface area contributed by atoms with Crippen molar-refractivity contribution in [3.05, 3.63) is 23.4 Å². The zero-order valence-electron chi connectivity index (χ0n) is 12.9. The first-order valence-corrected chi connectivity index (χ1v) is 8.22. The molecule has 2 heterocycles. The summed E-state index contributed by atoms with van der Waals surface area (Å²) >= 11 is 0. The molecule has 2 aliphatic rings. The number of hydrogen-bond acceptors (Lipinski definition) is 3. The minimum absolute atomic E-state index is 0.759. The second-order valence-corrected chi connectivity index (χ2v) is 6.36. The highest BCUT2D eigenvalue weighted by atomic mass is 15.2. The lowest BCUT2D eigenvalue weighted by atomic mass is 9.91. The van der Waals surface area contributed by atoms with Crippen molar-refractivity contribution < 1.29 is 0 Å². The summed E-state index contributed by atoms with van der Waals surface area (Å²) in [6.45, 7) is 7.49. The number of hydrogen-bond donors (Lipinski definition) is 1. The Hall–Kier alpha value is -1.09. The van der Waals surface area contributed by atoms with Crippen molar-refractivity contribution in [1.82, 2.24) is 10.3 Å². The Balaban J connectivity index is 1.79. The van der Waals surface area contributed by atoms with Crippen molar-refractivity contribution >= 4 is 5.82 Å². The Kier molecular flexibility index (Phi) is 4.25. The van der Waals surface area contributed by atoms with Gasteiger partial charge in [0.25, 0.3) is 0 Å². The summed E-state index contributed by atoms with van der Waals surface area (Å²) in [5.41, 5.74) is 2.64. The topological polar surface area (TPSA) is 28.2 Å². The van der Waals surface area contributed by atoms with Crippen LogP contribution in [-0.2, 0) is 6.54 Å². The van der Waals surface area contributed by atoms with Crippen molar-refractivity contribution in [2.24, 2.45) is 5.92 Å². The monoisotopic (exact) mass is 273 g/mol. The summed E-state index contributed by atoms with van der Waals surface area (Å²) in [6.07, 6.45) is 9.02. The van der Waals surface area contributed by atoms with E-state index in [2.05, 4.69) is 36.3 Å². The Labute approximate surface area is 122 Å². The van der Waals surface area contributed by atoms with Crippen LogP contribution < -0.4 is 10.2 Å². The number of nitrogens with one attached hydrogen (secondary N) is 1. The standard InChI is InChI=1S/C17H27N3/c1-3-18-11-14-10-13(2)17(19-12-14)20-9-5-7-15-6-4-8-16(15)20/h10,12,15-16,18H,3-9,11H2,1-2H3. The van der Waals surface area contributed by atoms with Gasteiger partial charge in [0.15, 0.2) is 0 Å². The third kappa shape index (κ3) is 2.69. The molecule has 1 aromatic rings. The second-order valence-electron chi connectivity index (χ2n) is 6.36. The van der Waals surface area contributed by atoms with Crippen molar-refractivity contribution in [2.45, 2.75) is 58.5 Å². The molecule has 0 bridgehead atoms. The molecule has 1 aliphatic carbocycles. The van der Waals surface area contributed by atoms with Gasteiger partial charge in [-0.25, -0.2) is 4.98 Å². The van der Waals surface area contributed by atoms with Crippen LogP contribution >= 0.6 is 0 Å². The van der Waals surface area contributed by atoms with Crippen LogP contribution in [0.15, 0.2) is 12.3 Å². The van der Waals surface area contributed by atoms with E-state index in [0.717, 1.165) is 25.0 Å². The van der Waals surface area contributed by atoms with E-state index in [4.69, 9.17) is 4.98 Å². The quantitative estimate of drug-likeness (QED) is 0.912. The predicted octanol–water partition coefficient (Wildman–Crippen LogP) is 3.27. The molecule has 0 aromatic carbocycles. The number of aryl methyl sites for hydroxylation is 1. The molecule has 1 saturated carbocycles. The van der Waals surface area contributed by atoms with Crippen LogP contribution in [0.2, 0.25) is 0 Å². The molecule has 20 heavy (non-hydrogen) atoms. The summed E-state index contributed by atoms with van der Waals surface area (Å²) in [7, 11) is 0. The van der Waals surface area contributed by atoms with Crippen LogP contribution in [0.3, 0.4) is 0 Å². The van der Waals surface area contributed by atoms with Gasteiger partial charge in [0.2, 0.25) is 0 Å². The van der Waals surface area contributed by atoms with Gasteiger partial charge in [-0.05, 0) is 62.3 Å². The summed E-state index contributed by atoms with van der Waals surface area (Å²) in [6, 6.07) is 3.07. The Morgan fingerprint density at radius 1 is 1.30 bits per heavy atom. The molecule has 0 spiro atoms. The molecule has 1 saturated heterocycles. The third-order valence-electron chi connectivity index (χ3n) is 4.95. The van der Waals surface area contributed by atoms with Gasteiger partial charge in [-0.1, -0.05) is 13.3 Å². The predicted molar refractivity (Wildman–Crippen MR) is 84.1 cm³/mol. The number of rotatable bonds is 4. The lowest BCUT2D eigenvalue weighted by molar-refractivity contribution is 0.360. The van der Waals surface area contributed by atoms with E-state index in [0.29, 0.717) is 0 Å². The summed E-state index contributed by atoms with van der Waals surface area (Å²) in [5.74, 6) is 2.16. The molecule has 3 nitrogen and oxygen atoms in total. The van der Waals surface area contributed by atoms with Gasteiger partial charge in [0.1, 0.15) is 5.82 Å². The molecule has 3 rings (SSSR count). The molecule has 2 fully saturated rings. The normalized spacial score (nSPS) is 25.8. The molecule has 3 heteroatoms. The highest BCUT2D eigenvalue weighted by Crippen LogP contribution is 2.39. The maximum absolute atomic E-state index is 4.80. The summed E-state index contributed by atoms with van der Waals surface area (Å²) in [5, 5.41) is 3.37. The Morgan fingerprint density at radius 3 is 2.95 bits per heavy atom. The molecule has 1 N–H and O–H groups in total. The van der Waals surface area contributed by atoms with Gasteiger partial charge >= 0.3 is 0 Å². The average molecular weight is 273 g/mol. The highest BCUT2D eigenvalue weighted by Gasteiger charge is 2.35. The van der Waals surface area contributed by atoms with Gasteiger partial charge < -0.3 is 10.2 Å². The maximum atomic E-state index is 4.80. The van der Waals surface area contributed by atoms with E-state index >= 15 is 0 Å². The molecule has 110 valence electrons. The van der Waals surface area contributed by atoms with Crippen molar-refractivity contribution in [3.63, 3.8) is 0 Å². The molecule has 0 radical (unpaired) electrons. The fourth-order valence-corrected chi connectivity index (χ4v) is 4.01. The fourth-order valence-electron chi connectivity index (χ4n) is 4.01. The van der Waals surface area contributed by atoms with Crippen LogP contribution in [-0.4, -0.2) is 24.1 Å². The molecular weight excluding hydrogens is 246 g/mol. The van der Waals surface area contributed by atoms with E-state index in [1.807, 2.05) is 0 Å². The number of nitrogens with zero attached hydrogens (tertiary/aromatic N) is 2. The molecule has 1 aliphatic heterocycles. The number of aromatic nitrogens is 1. The number of fused-ring (bicyclic) bond motifs is 1. The van der Waals surface area contributed by atoms with Crippen LogP contribution in [0.1, 0.15) is 50.2 Å². The van der Waals surface area contributed by atoms with Crippen molar-refractivity contribution in [2.75, 3.05) is 18.0 Å². The van der Waals surface area contributed by atoms with Gasteiger partial charge in [-0.15, -0.1) is 0 Å². The first kappa shape index (κ1) is 13.9. The SMILES string of the molecule is CCNCc1cnc(N2CCCC3CCCC32)c(C)c1. The van der Waals surface area contributed by atoms with E-state index < -0.39 is 0 Å². The van der Waals surface area contributed by atoms with E-state index in [1.165, 1.54) is 55.6 Å². The van der Waals surface area contributed by atoms with Crippen LogP contribution in [0, 0.1) is 12.8 Å². The van der Waals surface area contributed by atoms with Crippen LogP contribution in [0.25, 0.3) is 0 Å². The van der Waals surface area contributed by atoms with Gasteiger partial charge in [0, 0.05) is 25.3 Å². The first-order valence-electron chi connectivity index (χ1n) is 8.22. The number of anilines is 1. The Morgan fingerprint density at radius 2 is 2.15 bits per heavy atom. The highest BCUT2D eigenvalue weighted by molar-refractivity contribution is 5.49. The van der Waals surface area contributed by atoms with Gasteiger partial charge in [-0.2, -0.15) is 0 Å². The lowest BCUT2D eigenvalue weighted by Gasteiger charge is -2.39. The van der Waals surface area contributed by atoms with Gasteiger partial charge in [0.05, 0.1) is 0 Å². The fraction of sp³-hybridized carbons (Fsp3) is 0.706. The largest absolute Gasteiger partial charge is 0.353 e. The van der Waals surface area contributed by atoms with Crippen LogP contribution in [0.4, 0.5) is 5.82 Å². The van der Waals surface area contributed by atoms with Gasteiger partial charge in [-0.3, -0.25) is 0 Å². The summed E-state index contributed by atoms with van der Waals surface area (Å²) < 4.78 is 0. The van der Waals surface area contributed by atoms with Crippen molar-refractivity contribution in [3.8, 4) is 0 Å². The number of piperidine rings is 1. The molecule has 2 atom stereocenters. The third-order valence-corrected chi connectivity index (χ3v) is 4.95. The zero-order chi connectivity index (χ0) is 13.9. The van der Waals surface area contributed by atoms with Crippen molar-refractivity contribution in [1.29, 1.82) is 0 Å². The molecular formula is C17H27N3. The zero-order valence-corrected chi connectivity index (χ0v) is 12.9. The molecule has 2 unspecified atom stereocenters. The number of pyridine rings is 1. The average Bonchev–Trinajstić information content (AvgIpc) is 2.94. The molecule has 0 amide bonds.